The summed E-state index contributed by atoms with van der Waals surface area (Å²) in [7, 11) is 1.65. The summed E-state index contributed by atoms with van der Waals surface area (Å²) in [5, 5.41) is 7.53. The zero-order chi connectivity index (χ0) is 14.5. The average Bonchev–Trinajstić information content (AvgIpc) is 2.87. The van der Waals surface area contributed by atoms with E-state index in [9.17, 15) is 9.59 Å². The summed E-state index contributed by atoms with van der Waals surface area (Å²) in [6.45, 7) is 2.12. The number of carbonyl (C=O) groups is 2. The van der Waals surface area contributed by atoms with Crippen molar-refractivity contribution in [3.63, 3.8) is 0 Å². The van der Waals surface area contributed by atoms with E-state index in [-0.39, 0.29) is 17.9 Å². The van der Waals surface area contributed by atoms with Gasteiger partial charge < -0.3 is 10.6 Å². The van der Waals surface area contributed by atoms with Crippen LogP contribution in [0.3, 0.4) is 0 Å². The minimum absolute atomic E-state index is 0.0169. The Morgan fingerprint density at radius 3 is 2.70 bits per heavy atom. The molecule has 0 spiro atoms. The van der Waals surface area contributed by atoms with Gasteiger partial charge in [0, 0.05) is 31.6 Å². The molecule has 0 radical (unpaired) electrons. The minimum Gasteiger partial charge on any atom is -0.358 e. The maximum Gasteiger partial charge on any atom is 0.252 e. The number of likely N-dealkylation sites (tertiary alicyclic amines) is 1. The van der Waals surface area contributed by atoms with Crippen LogP contribution in [0.25, 0.3) is 0 Å². The number of carbonyl (C=O) groups excluding carboxylic acids is 2. The van der Waals surface area contributed by atoms with Gasteiger partial charge in [0.25, 0.3) is 5.91 Å². The molecule has 7 heteroatoms. The van der Waals surface area contributed by atoms with Crippen LogP contribution in [0, 0.1) is 0 Å². The SMILES string of the molecule is CNC(=O)CN1CCC(NC(=O)c2csc(Br)c2)CC1. The number of halogens is 1. The predicted octanol–water partition coefficient (Wildman–Crippen LogP) is 1.45. The van der Waals surface area contributed by atoms with E-state index in [2.05, 4.69) is 31.5 Å². The first-order chi connectivity index (χ1) is 9.58. The second kappa shape index (κ2) is 7.19. The highest BCUT2D eigenvalue weighted by Crippen LogP contribution is 2.21. The zero-order valence-electron chi connectivity index (χ0n) is 11.3. The summed E-state index contributed by atoms with van der Waals surface area (Å²) in [6, 6.07) is 2.03. The molecule has 1 aromatic heterocycles. The molecule has 1 fully saturated rings. The Labute approximate surface area is 130 Å². The molecule has 1 saturated heterocycles. The molecular formula is C13H18BrN3O2S. The summed E-state index contributed by atoms with van der Waals surface area (Å²) in [5.74, 6) is 0.0207. The number of hydrogen-bond acceptors (Lipinski definition) is 4. The highest BCUT2D eigenvalue weighted by atomic mass is 79.9. The lowest BCUT2D eigenvalue weighted by Crippen LogP contribution is -2.47. The Bertz CT molecular complexity index is 484. The van der Waals surface area contributed by atoms with E-state index < -0.39 is 0 Å². The number of amides is 2. The molecule has 110 valence electrons. The van der Waals surface area contributed by atoms with E-state index in [0.717, 1.165) is 29.7 Å². The molecule has 5 nitrogen and oxygen atoms in total. The first kappa shape index (κ1) is 15.5. The van der Waals surface area contributed by atoms with Crippen LogP contribution in [0.1, 0.15) is 23.2 Å². The monoisotopic (exact) mass is 359 g/mol. The summed E-state index contributed by atoms with van der Waals surface area (Å²) in [6.07, 6.45) is 1.77. The van der Waals surface area contributed by atoms with Gasteiger partial charge in [0.05, 0.1) is 15.9 Å². The van der Waals surface area contributed by atoms with Gasteiger partial charge >= 0.3 is 0 Å². The number of thiophene rings is 1. The number of rotatable bonds is 4. The summed E-state index contributed by atoms with van der Waals surface area (Å²) in [5.41, 5.74) is 0.703. The normalized spacial score (nSPS) is 16.9. The van der Waals surface area contributed by atoms with Gasteiger partial charge in [-0.15, -0.1) is 11.3 Å². The Hall–Kier alpha value is -0.920. The van der Waals surface area contributed by atoms with Gasteiger partial charge in [0.2, 0.25) is 5.91 Å². The fraction of sp³-hybridized carbons (Fsp3) is 0.538. The quantitative estimate of drug-likeness (QED) is 0.855. The van der Waals surface area contributed by atoms with E-state index in [1.165, 1.54) is 11.3 Å². The van der Waals surface area contributed by atoms with Crippen molar-refractivity contribution < 1.29 is 9.59 Å². The van der Waals surface area contributed by atoms with Crippen molar-refractivity contribution in [2.24, 2.45) is 0 Å². The standard InChI is InChI=1S/C13H18BrN3O2S/c1-15-12(18)7-17-4-2-10(3-5-17)16-13(19)9-6-11(14)20-8-9/h6,8,10H,2-5,7H2,1H3,(H,15,18)(H,16,19). The molecule has 2 heterocycles. The van der Waals surface area contributed by atoms with Crippen molar-refractivity contribution in [1.29, 1.82) is 0 Å². The van der Waals surface area contributed by atoms with Crippen LogP contribution < -0.4 is 10.6 Å². The van der Waals surface area contributed by atoms with Gasteiger partial charge in [-0.25, -0.2) is 0 Å². The lowest BCUT2D eigenvalue weighted by Gasteiger charge is -2.31. The van der Waals surface area contributed by atoms with E-state index in [1.54, 1.807) is 7.05 Å². The molecule has 1 aliphatic heterocycles. The molecular weight excluding hydrogens is 342 g/mol. The van der Waals surface area contributed by atoms with Crippen molar-refractivity contribution in [3.8, 4) is 0 Å². The first-order valence-electron chi connectivity index (χ1n) is 6.56. The lowest BCUT2D eigenvalue weighted by atomic mass is 10.0. The number of nitrogens with one attached hydrogen (secondary N) is 2. The van der Waals surface area contributed by atoms with Crippen LogP contribution in [0.5, 0.6) is 0 Å². The average molecular weight is 360 g/mol. The van der Waals surface area contributed by atoms with Gasteiger partial charge in [-0.3, -0.25) is 14.5 Å². The Kier molecular flexibility index (Phi) is 5.56. The first-order valence-corrected chi connectivity index (χ1v) is 8.23. The number of hydrogen-bond donors (Lipinski definition) is 2. The molecule has 0 unspecified atom stereocenters. The number of likely N-dealkylation sites (N-methyl/N-ethyl adjacent to an activating group) is 1. The topological polar surface area (TPSA) is 61.4 Å². The fourth-order valence-electron chi connectivity index (χ4n) is 2.22. The third-order valence-corrected chi connectivity index (χ3v) is 4.90. The molecule has 2 N–H and O–H groups in total. The molecule has 0 atom stereocenters. The highest BCUT2D eigenvalue weighted by Gasteiger charge is 2.22. The zero-order valence-corrected chi connectivity index (χ0v) is 13.7. The smallest absolute Gasteiger partial charge is 0.252 e. The third kappa shape index (κ3) is 4.29. The van der Waals surface area contributed by atoms with E-state index in [0.29, 0.717) is 12.1 Å². The molecule has 2 amide bonds. The molecule has 0 bridgehead atoms. The number of piperidine rings is 1. The van der Waals surface area contributed by atoms with Gasteiger partial charge in [0.1, 0.15) is 0 Å². The fourth-order valence-corrected chi connectivity index (χ4v) is 3.35. The lowest BCUT2D eigenvalue weighted by molar-refractivity contribution is -0.122. The van der Waals surface area contributed by atoms with Crippen LogP contribution in [0.2, 0.25) is 0 Å². The van der Waals surface area contributed by atoms with Crippen molar-refractivity contribution >= 4 is 39.1 Å². The van der Waals surface area contributed by atoms with E-state index in [4.69, 9.17) is 0 Å². The maximum absolute atomic E-state index is 12.0. The molecule has 0 aromatic carbocycles. The second-order valence-electron chi connectivity index (χ2n) is 4.84. The molecule has 0 aliphatic carbocycles. The molecule has 0 saturated carbocycles. The largest absolute Gasteiger partial charge is 0.358 e. The molecule has 20 heavy (non-hydrogen) atoms. The van der Waals surface area contributed by atoms with Gasteiger partial charge in [-0.05, 0) is 34.8 Å². The van der Waals surface area contributed by atoms with Gasteiger partial charge in [0.15, 0.2) is 0 Å². The van der Waals surface area contributed by atoms with Crippen LogP contribution >= 0.6 is 27.3 Å². The summed E-state index contributed by atoms with van der Waals surface area (Å²) < 4.78 is 0.961. The Balaban J connectivity index is 1.77. The van der Waals surface area contributed by atoms with Crippen molar-refractivity contribution in [2.45, 2.75) is 18.9 Å². The Morgan fingerprint density at radius 2 is 2.15 bits per heavy atom. The number of nitrogens with zero attached hydrogens (tertiary/aromatic N) is 1. The second-order valence-corrected chi connectivity index (χ2v) is 7.13. The predicted molar refractivity (Wildman–Crippen MR) is 83.0 cm³/mol. The summed E-state index contributed by atoms with van der Waals surface area (Å²) in [4.78, 5) is 25.4. The van der Waals surface area contributed by atoms with Gasteiger partial charge in [-0.2, -0.15) is 0 Å². The summed E-state index contributed by atoms with van der Waals surface area (Å²) >= 11 is 4.86. The van der Waals surface area contributed by atoms with Crippen molar-refractivity contribution in [1.82, 2.24) is 15.5 Å². The van der Waals surface area contributed by atoms with Crippen LogP contribution in [0.15, 0.2) is 15.2 Å². The highest BCUT2D eigenvalue weighted by molar-refractivity contribution is 9.11. The van der Waals surface area contributed by atoms with Crippen molar-refractivity contribution in [2.75, 3.05) is 26.7 Å². The van der Waals surface area contributed by atoms with Crippen molar-refractivity contribution in [3.05, 3.63) is 20.8 Å². The third-order valence-electron chi connectivity index (χ3n) is 3.40. The minimum atomic E-state index is -0.0169. The van der Waals surface area contributed by atoms with Crippen LogP contribution in [0.4, 0.5) is 0 Å². The molecule has 1 aromatic rings. The van der Waals surface area contributed by atoms with Crippen LogP contribution in [-0.2, 0) is 4.79 Å². The maximum atomic E-state index is 12.0. The van der Waals surface area contributed by atoms with E-state index in [1.807, 2.05) is 11.4 Å². The van der Waals surface area contributed by atoms with E-state index >= 15 is 0 Å². The molecule has 1 aliphatic rings. The van der Waals surface area contributed by atoms with Gasteiger partial charge in [-0.1, -0.05) is 0 Å². The molecule has 2 rings (SSSR count). The Morgan fingerprint density at radius 1 is 1.45 bits per heavy atom. The van der Waals surface area contributed by atoms with Crippen LogP contribution in [-0.4, -0.2) is 49.4 Å².